The summed E-state index contributed by atoms with van der Waals surface area (Å²) in [6.45, 7) is 1.23. The van der Waals surface area contributed by atoms with E-state index in [-0.39, 0.29) is 23.1 Å². The summed E-state index contributed by atoms with van der Waals surface area (Å²) in [6, 6.07) is 13.7. The van der Waals surface area contributed by atoms with E-state index >= 15 is 0 Å². The molecule has 1 heterocycles. The first-order valence-corrected chi connectivity index (χ1v) is 8.97. The third kappa shape index (κ3) is 4.28. The summed E-state index contributed by atoms with van der Waals surface area (Å²) in [4.78, 5) is 36.9. The van der Waals surface area contributed by atoms with Crippen LogP contribution in [0.5, 0.6) is 0 Å². The molecular weight excluding hydrogens is 362 g/mol. The minimum Gasteiger partial charge on any atom is -0.465 e. The molecule has 1 aliphatic heterocycles. The fourth-order valence-corrected chi connectivity index (χ4v) is 3.32. The Morgan fingerprint density at radius 1 is 1.14 bits per heavy atom. The number of benzene rings is 2. The van der Waals surface area contributed by atoms with E-state index in [2.05, 4.69) is 10.1 Å². The number of piperidine rings is 1. The topological polar surface area (TPSA) is 102 Å². The van der Waals surface area contributed by atoms with Crippen LogP contribution in [0.25, 0.3) is 0 Å². The molecule has 2 aromatic carbocycles. The maximum atomic E-state index is 12.4. The normalized spacial score (nSPS) is 14.4. The van der Waals surface area contributed by atoms with Crippen molar-refractivity contribution >= 4 is 28.9 Å². The van der Waals surface area contributed by atoms with Crippen molar-refractivity contribution < 1.29 is 19.2 Å². The first-order valence-electron chi connectivity index (χ1n) is 8.97. The first kappa shape index (κ1) is 19.3. The van der Waals surface area contributed by atoms with Crippen molar-refractivity contribution in [2.45, 2.75) is 12.8 Å². The maximum absolute atomic E-state index is 12.4. The molecule has 2 aromatic rings. The molecule has 0 atom stereocenters. The van der Waals surface area contributed by atoms with E-state index in [9.17, 15) is 19.7 Å². The fraction of sp³-hybridized carbons (Fsp3) is 0.300. The highest BCUT2D eigenvalue weighted by Gasteiger charge is 2.27. The SMILES string of the molecule is COC(=O)c1cc(N2CCC(C(=O)Nc3ccccc3)CC2)ccc1[N+](=O)[O-]. The lowest BCUT2D eigenvalue weighted by molar-refractivity contribution is -0.385. The van der Waals surface area contributed by atoms with Crippen LogP contribution in [0, 0.1) is 16.0 Å². The van der Waals surface area contributed by atoms with Crippen LogP contribution in [0.2, 0.25) is 0 Å². The van der Waals surface area contributed by atoms with E-state index in [1.54, 1.807) is 6.07 Å². The number of nitro groups is 1. The van der Waals surface area contributed by atoms with Crippen molar-refractivity contribution in [2.75, 3.05) is 30.4 Å². The van der Waals surface area contributed by atoms with Crippen LogP contribution in [0.15, 0.2) is 48.5 Å². The Morgan fingerprint density at radius 3 is 2.43 bits per heavy atom. The van der Waals surface area contributed by atoms with Gasteiger partial charge in [0, 0.05) is 36.4 Å². The number of nitrogens with zero attached hydrogens (tertiary/aromatic N) is 2. The standard InChI is InChI=1S/C20H21N3O5/c1-28-20(25)17-13-16(7-8-18(17)23(26)27)22-11-9-14(10-12-22)19(24)21-15-5-3-2-4-6-15/h2-8,13-14H,9-12H2,1H3,(H,21,24). The van der Waals surface area contributed by atoms with Gasteiger partial charge in [0.1, 0.15) is 5.56 Å². The van der Waals surface area contributed by atoms with E-state index in [0.29, 0.717) is 31.6 Å². The lowest BCUT2D eigenvalue weighted by Gasteiger charge is -2.33. The summed E-state index contributed by atoms with van der Waals surface area (Å²) in [5, 5.41) is 14.1. The highest BCUT2D eigenvalue weighted by molar-refractivity contribution is 5.95. The van der Waals surface area contributed by atoms with Gasteiger partial charge in [-0.15, -0.1) is 0 Å². The average molecular weight is 383 g/mol. The highest BCUT2D eigenvalue weighted by atomic mass is 16.6. The lowest BCUT2D eigenvalue weighted by Crippen LogP contribution is -2.38. The van der Waals surface area contributed by atoms with Crippen molar-refractivity contribution in [1.82, 2.24) is 0 Å². The molecule has 0 unspecified atom stereocenters. The van der Waals surface area contributed by atoms with Gasteiger partial charge < -0.3 is 15.0 Å². The van der Waals surface area contributed by atoms with Crippen molar-refractivity contribution in [3.05, 3.63) is 64.2 Å². The van der Waals surface area contributed by atoms with Crippen LogP contribution >= 0.6 is 0 Å². The molecule has 0 bridgehead atoms. The number of methoxy groups -OCH3 is 1. The molecule has 1 aliphatic rings. The molecule has 0 radical (unpaired) electrons. The molecule has 1 fully saturated rings. The molecular formula is C20H21N3O5. The molecule has 0 spiro atoms. The van der Waals surface area contributed by atoms with Crippen LogP contribution in [-0.2, 0) is 9.53 Å². The number of nitrogens with one attached hydrogen (secondary N) is 1. The number of carbonyl (C=O) groups excluding carboxylic acids is 2. The van der Waals surface area contributed by atoms with Gasteiger partial charge in [0.2, 0.25) is 5.91 Å². The molecule has 3 rings (SSSR count). The number of carbonyl (C=O) groups is 2. The summed E-state index contributed by atoms with van der Waals surface area (Å²) >= 11 is 0. The van der Waals surface area contributed by atoms with Gasteiger partial charge in [-0.05, 0) is 37.1 Å². The Morgan fingerprint density at radius 2 is 1.82 bits per heavy atom. The van der Waals surface area contributed by atoms with E-state index in [4.69, 9.17) is 0 Å². The number of amides is 1. The minimum atomic E-state index is -0.745. The van der Waals surface area contributed by atoms with Crippen molar-refractivity contribution in [3.8, 4) is 0 Å². The van der Waals surface area contributed by atoms with Crippen molar-refractivity contribution in [2.24, 2.45) is 5.92 Å². The molecule has 1 amide bonds. The second-order valence-corrected chi connectivity index (χ2v) is 6.57. The predicted octanol–water partition coefficient (Wildman–Crippen LogP) is 3.24. The van der Waals surface area contributed by atoms with Gasteiger partial charge in [-0.25, -0.2) is 4.79 Å². The number of para-hydroxylation sites is 1. The summed E-state index contributed by atoms with van der Waals surface area (Å²) in [5.74, 6) is -0.856. The molecule has 1 saturated heterocycles. The largest absolute Gasteiger partial charge is 0.465 e. The Hall–Kier alpha value is -3.42. The highest BCUT2D eigenvalue weighted by Crippen LogP contribution is 2.29. The van der Waals surface area contributed by atoms with Crippen LogP contribution < -0.4 is 10.2 Å². The Labute approximate surface area is 162 Å². The Balaban J connectivity index is 1.67. The van der Waals surface area contributed by atoms with Crippen LogP contribution in [0.4, 0.5) is 17.1 Å². The van der Waals surface area contributed by atoms with Gasteiger partial charge in [0.25, 0.3) is 5.69 Å². The quantitative estimate of drug-likeness (QED) is 0.483. The third-order valence-electron chi connectivity index (χ3n) is 4.85. The number of hydrogen-bond donors (Lipinski definition) is 1. The summed E-state index contributed by atoms with van der Waals surface area (Å²) in [6.07, 6.45) is 1.31. The number of anilines is 2. The second-order valence-electron chi connectivity index (χ2n) is 6.57. The number of nitro benzene ring substituents is 1. The zero-order valence-corrected chi connectivity index (χ0v) is 15.5. The molecule has 8 heteroatoms. The van der Waals surface area contributed by atoms with Crippen LogP contribution in [-0.4, -0.2) is 37.0 Å². The zero-order chi connectivity index (χ0) is 20.1. The van der Waals surface area contributed by atoms with Gasteiger partial charge in [-0.2, -0.15) is 0 Å². The van der Waals surface area contributed by atoms with Crippen LogP contribution in [0.3, 0.4) is 0 Å². The Kier molecular flexibility index (Phi) is 5.88. The number of hydrogen-bond acceptors (Lipinski definition) is 6. The molecule has 0 saturated carbocycles. The lowest BCUT2D eigenvalue weighted by atomic mass is 9.95. The van der Waals surface area contributed by atoms with E-state index < -0.39 is 10.9 Å². The number of rotatable bonds is 5. The smallest absolute Gasteiger partial charge is 0.344 e. The van der Waals surface area contributed by atoms with Gasteiger partial charge >= 0.3 is 5.97 Å². The number of esters is 1. The summed E-state index contributed by atoms with van der Waals surface area (Å²) in [5.41, 5.74) is 1.11. The third-order valence-corrected chi connectivity index (χ3v) is 4.85. The fourth-order valence-electron chi connectivity index (χ4n) is 3.32. The zero-order valence-electron chi connectivity index (χ0n) is 15.5. The molecule has 146 valence electrons. The minimum absolute atomic E-state index is 0.00945. The van der Waals surface area contributed by atoms with Crippen molar-refractivity contribution in [3.63, 3.8) is 0 Å². The van der Waals surface area contributed by atoms with Crippen molar-refractivity contribution in [1.29, 1.82) is 0 Å². The molecule has 28 heavy (non-hydrogen) atoms. The maximum Gasteiger partial charge on any atom is 0.344 e. The number of ether oxygens (including phenoxy) is 1. The molecule has 1 N–H and O–H groups in total. The summed E-state index contributed by atoms with van der Waals surface area (Å²) < 4.78 is 4.66. The second kappa shape index (κ2) is 8.51. The van der Waals surface area contributed by atoms with E-state index in [1.807, 2.05) is 35.2 Å². The van der Waals surface area contributed by atoms with Gasteiger partial charge in [0.15, 0.2) is 0 Å². The van der Waals surface area contributed by atoms with E-state index in [0.717, 1.165) is 5.69 Å². The Bertz CT molecular complexity index is 877. The van der Waals surface area contributed by atoms with Gasteiger partial charge in [-0.3, -0.25) is 14.9 Å². The van der Waals surface area contributed by atoms with Gasteiger partial charge in [-0.1, -0.05) is 18.2 Å². The van der Waals surface area contributed by atoms with E-state index in [1.165, 1.54) is 19.2 Å². The average Bonchev–Trinajstić information content (AvgIpc) is 2.73. The molecule has 0 aromatic heterocycles. The monoisotopic (exact) mass is 383 g/mol. The van der Waals surface area contributed by atoms with Gasteiger partial charge in [0.05, 0.1) is 12.0 Å². The molecule has 0 aliphatic carbocycles. The predicted molar refractivity (Wildman–Crippen MR) is 104 cm³/mol. The summed E-state index contributed by atoms with van der Waals surface area (Å²) in [7, 11) is 1.19. The van der Waals surface area contributed by atoms with Crippen LogP contribution in [0.1, 0.15) is 23.2 Å². The molecule has 8 nitrogen and oxygen atoms in total. The first-order chi connectivity index (χ1) is 13.5.